The van der Waals surface area contributed by atoms with Crippen LogP contribution in [0.2, 0.25) is 0 Å². The van der Waals surface area contributed by atoms with Gasteiger partial charge in [0.1, 0.15) is 17.7 Å². The van der Waals surface area contributed by atoms with Crippen LogP contribution in [0.5, 0.6) is 0 Å². The summed E-state index contributed by atoms with van der Waals surface area (Å²) in [6.45, 7) is 14.5. The van der Waals surface area contributed by atoms with E-state index in [2.05, 4.69) is 37.1 Å². The number of nitrogens with zero attached hydrogens (tertiary/aromatic N) is 1. The summed E-state index contributed by atoms with van der Waals surface area (Å²) in [5.74, 6) is -0.466. The van der Waals surface area contributed by atoms with Gasteiger partial charge in [0.15, 0.2) is 0 Å². The first-order valence-electron chi connectivity index (χ1n) is 13.7. The van der Waals surface area contributed by atoms with Crippen molar-refractivity contribution < 1.29 is 19.1 Å². The fraction of sp³-hybridized carbons (Fsp3) is 0.690. The minimum atomic E-state index is -0.925. The third kappa shape index (κ3) is 12.2. The summed E-state index contributed by atoms with van der Waals surface area (Å²) in [6.07, 6.45) is 6.09. The monoisotopic (exact) mass is 535 g/mol. The molecule has 0 radical (unpaired) electrons. The molecule has 8 heteroatoms. The predicted octanol–water partition coefficient (Wildman–Crippen LogP) is 5.88. The summed E-state index contributed by atoms with van der Waals surface area (Å²) in [5, 5.41) is 5.73. The molecule has 0 saturated heterocycles. The molecule has 0 bridgehead atoms. The van der Waals surface area contributed by atoms with Gasteiger partial charge in [0.2, 0.25) is 11.8 Å². The lowest BCUT2D eigenvalue weighted by Crippen LogP contribution is -2.54. The fourth-order valence-corrected chi connectivity index (χ4v) is 4.48. The molecule has 0 aliphatic heterocycles. The number of nitrogens with one attached hydrogen (secondary N) is 2. The third-order valence-electron chi connectivity index (χ3n) is 5.91. The summed E-state index contributed by atoms with van der Waals surface area (Å²) in [7, 11) is 0. The highest BCUT2D eigenvalue weighted by Crippen LogP contribution is 2.26. The molecule has 0 spiro atoms. The molecule has 7 nitrogen and oxygen atoms in total. The smallest absolute Gasteiger partial charge is 0.408 e. The van der Waals surface area contributed by atoms with Gasteiger partial charge >= 0.3 is 6.09 Å². The Morgan fingerprint density at radius 1 is 0.946 bits per heavy atom. The lowest BCUT2D eigenvalue weighted by Gasteiger charge is -2.34. The Bertz CT molecular complexity index is 849. The molecule has 1 rings (SSSR count). The zero-order chi connectivity index (χ0) is 28.0. The average Bonchev–Trinajstić information content (AvgIpc) is 2.80. The van der Waals surface area contributed by atoms with Crippen LogP contribution in [0, 0.1) is 13.8 Å². The second-order valence-corrected chi connectivity index (χ2v) is 11.2. The van der Waals surface area contributed by atoms with Crippen molar-refractivity contribution in [3.8, 4) is 0 Å². The highest BCUT2D eigenvalue weighted by molar-refractivity contribution is 7.80. The normalized spacial score (nSPS) is 13.0. The van der Waals surface area contributed by atoms with Gasteiger partial charge in [-0.2, -0.15) is 12.6 Å². The second-order valence-electron chi connectivity index (χ2n) is 10.8. The van der Waals surface area contributed by atoms with Crippen LogP contribution in [-0.2, 0) is 14.3 Å². The summed E-state index contributed by atoms with van der Waals surface area (Å²) < 4.78 is 5.38. The number of alkyl carbamates (subject to hydrolysis) is 1. The lowest BCUT2D eigenvalue weighted by atomic mass is 9.98. The molecule has 3 amide bonds. The van der Waals surface area contributed by atoms with Crippen LogP contribution in [0.1, 0.15) is 102 Å². The maximum absolute atomic E-state index is 13.9. The van der Waals surface area contributed by atoms with Crippen LogP contribution in [0.4, 0.5) is 4.79 Å². The summed E-state index contributed by atoms with van der Waals surface area (Å²) in [6, 6.07) is 4.25. The number of benzene rings is 1. The van der Waals surface area contributed by atoms with Crippen LogP contribution < -0.4 is 10.6 Å². The van der Waals surface area contributed by atoms with Crippen molar-refractivity contribution in [2.24, 2.45) is 0 Å². The van der Waals surface area contributed by atoms with Gasteiger partial charge in [0.25, 0.3) is 0 Å². The number of unbranched alkanes of at least 4 members (excludes halogenated alkanes) is 5. The van der Waals surface area contributed by atoms with E-state index in [0.29, 0.717) is 13.1 Å². The van der Waals surface area contributed by atoms with E-state index in [1.807, 2.05) is 32.0 Å². The molecule has 2 N–H and O–H groups in total. The van der Waals surface area contributed by atoms with E-state index in [1.165, 1.54) is 0 Å². The maximum atomic E-state index is 13.9. The number of thiol groups is 1. The zero-order valence-corrected chi connectivity index (χ0v) is 24.9. The number of aryl methyl sites for hydroxylation is 2. The van der Waals surface area contributed by atoms with Crippen LogP contribution in [0.25, 0.3) is 0 Å². The van der Waals surface area contributed by atoms with E-state index >= 15 is 0 Å². The molecule has 0 aliphatic rings. The van der Waals surface area contributed by atoms with Crippen LogP contribution in [0.15, 0.2) is 18.2 Å². The van der Waals surface area contributed by atoms with E-state index in [0.717, 1.165) is 61.6 Å². The van der Waals surface area contributed by atoms with E-state index in [1.54, 1.807) is 25.7 Å². The molecule has 0 fully saturated rings. The maximum Gasteiger partial charge on any atom is 0.408 e. The van der Waals surface area contributed by atoms with Crippen molar-refractivity contribution in [2.75, 3.05) is 18.8 Å². The molecule has 0 saturated carbocycles. The topological polar surface area (TPSA) is 87.7 Å². The van der Waals surface area contributed by atoms with Crippen molar-refractivity contribution in [3.05, 3.63) is 34.9 Å². The molecule has 2 atom stereocenters. The number of rotatable bonds is 15. The predicted molar refractivity (Wildman–Crippen MR) is 154 cm³/mol. The SMILES string of the molecule is CCCCCCN(C(=O)C(CS)NC(=O)OC(C)(C)C)C(C(=O)NCCCCC)c1cc(C)cc(C)c1. The number of amides is 3. The van der Waals surface area contributed by atoms with Gasteiger partial charge in [0.05, 0.1) is 0 Å². The quantitative estimate of drug-likeness (QED) is 0.193. The first kappa shape index (κ1) is 32.8. The van der Waals surface area contributed by atoms with Crippen molar-refractivity contribution >= 4 is 30.5 Å². The highest BCUT2D eigenvalue weighted by Gasteiger charge is 2.35. The summed E-state index contributed by atoms with van der Waals surface area (Å²) in [5.41, 5.74) is 2.11. The molecule has 0 heterocycles. The van der Waals surface area contributed by atoms with E-state index in [-0.39, 0.29) is 17.6 Å². The number of hydrogen-bond acceptors (Lipinski definition) is 5. The van der Waals surface area contributed by atoms with Crippen LogP contribution >= 0.6 is 12.6 Å². The van der Waals surface area contributed by atoms with Crippen LogP contribution in [0.3, 0.4) is 0 Å². The minimum Gasteiger partial charge on any atom is -0.444 e. The molecule has 210 valence electrons. The molecule has 0 aromatic heterocycles. The Morgan fingerprint density at radius 3 is 2.08 bits per heavy atom. The Morgan fingerprint density at radius 2 is 1.54 bits per heavy atom. The Hall–Kier alpha value is -2.22. The van der Waals surface area contributed by atoms with Gasteiger partial charge in [-0.3, -0.25) is 9.59 Å². The molecule has 1 aromatic rings. The van der Waals surface area contributed by atoms with Gasteiger partial charge in [-0.25, -0.2) is 4.79 Å². The molecular weight excluding hydrogens is 486 g/mol. The van der Waals surface area contributed by atoms with Gasteiger partial charge in [-0.15, -0.1) is 0 Å². The van der Waals surface area contributed by atoms with E-state index in [4.69, 9.17) is 4.74 Å². The van der Waals surface area contributed by atoms with Gasteiger partial charge in [-0.1, -0.05) is 75.3 Å². The number of carbonyl (C=O) groups excluding carboxylic acids is 3. The fourth-order valence-electron chi connectivity index (χ4n) is 4.23. The standard InChI is InChI=1S/C29H49N3O4S/c1-8-10-12-14-16-32(27(34)24(20-37)31-28(35)36-29(5,6)7)25(26(33)30-15-13-11-9-2)23-18-21(3)17-22(4)19-23/h17-19,24-25,37H,8-16,20H2,1-7H3,(H,30,33)(H,31,35). The Balaban J connectivity index is 3.39. The van der Waals surface area contributed by atoms with E-state index < -0.39 is 23.8 Å². The molecule has 2 unspecified atom stereocenters. The average molecular weight is 536 g/mol. The number of carbonyl (C=O) groups is 3. The summed E-state index contributed by atoms with van der Waals surface area (Å²) >= 11 is 4.36. The molecule has 37 heavy (non-hydrogen) atoms. The van der Waals surface area contributed by atoms with Crippen molar-refractivity contribution in [3.63, 3.8) is 0 Å². The largest absolute Gasteiger partial charge is 0.444 e. The van der Waals surface area contributed by atoms with Crippen molar-refractivity contribution in [1.82, 2.24) is 15.5 Å². The molecule has 0 aliphatic carbocycles. The van der Waals surface area contributed by atoms with Gasteiger partial charge in [0, 0.05) is 18.8 Å². The Labute approximate surface area is 229 Å². The Kier molecular flexibility index (Phi) is 14.7. The molecule has 1 aromatic carbocycles. The summed E-state index contributed by atoms with van der Waals surface area (Å²) in [4.78, 5) is 41.7. The van der Waals surface area contributed by atoms with Gasteiger partial charge in [-0.05, 0) is 53.0 Å². The first-order valence-corrected chi connectivity index (χ1v) is 14.3. The highest BCUT2D eigenvalue weighted by atomic mass is 32.1. The zero-order valence-electron chi connectivity index (χ0n) is 24.0. The molecular formula is C29H49N3O4S. The number of ether oxygens (including phenoxy) is 1. The van der Waals surface area contributed by atoms with Gasteiger partial charge < -0.3 is 20.3 Å². The second kappa shape index (κ2) is 16.6. The van der Waals surface area contributed by atoms with Crippen molar-refractivity contribution in [1.29, 1.82) is 0 Å². The third-order valence-corrected chi connectivity index (χ3v) is 6.27. The minimum absolute atomic E-state index is 0.0845. The van der Waals surface area contributed by atoms with Crippen LogP contribution in [-0.4, -0.2) is 53.3 Å². The van der Waals surface area contributed by atoms with Crippen molar-refractivity contribution in [2.45, 2.75) is 111 Å². The number of hydrogen-bond donors (Lipinski definition) is 3. The first-order chi connectivity index (χ1) is 17.4. The van der Waals surface area contributed by atoms with E-state index in [9.17, 15) is 14.4 Å². The lowest BCUT2D eigenvalue weighted by molar-refractivity contribution is -0.142.